The second-order valence-corrected chi connectivity index (χ2v) is 12.7. The number of carbonyl (C=O) groups is 4. The van der Waals surface area contributed by atoms with Crippen LogP contribution in [0.15, 0.2) is 66.7 Å². The number of ether oxygens (including phenoxy) is 3. The number of fused-ring (bicyclic) bond motifs is 2. The van der Waals surface area contributed by atoms with Crippen LogP contribution in [0.4, 0.5) is 14.5 Å². The summed E-state index contributed by atoms with van der Waals surface area (Å²) in [5, 5.41) is 5.31. The van der Waals surface area contributed by atoms with Crippen molar-refractivity contribution in [2.45, 2.75) is 26.0 Å². The van der Waals surface area contributed by atoms with E-state index >= 15 is 0 Å². The second kappa shape index (κ2) is 11.9. The molecule has 11 heteroatoms. The Bertz CT molecular complexity index is 2320. The van der Waals surface area contributed by atoms with Gasteiger partial charge in [0.05, 0.1) is 44.3 Å². The van der Waals surface area contributed by atoms with Crippen LogP contribution in [0.3, 0.4) is 0 Å². The van der Waals surface area contributed by atoms with Gasteiger partial charge in [0, 0.05) is 46.2 Å². The van der Waals surface area contributed by atoms with E-state index in [1.54, 1.807) is 50.4 Å². The molecule has 2 aliphatic rings. The lowest BCUT2D eigenvalue weighted by Crippen LogP contribution is -2.48. The summed E-state index contributed by atoms with van der Waals surface area (Å²) in [7, 11) is 1.59. The van der Waals surface area contributed by atoms with Gasteiger partial charge in [0.2, 0.25) is 0 Å². The first-order valence-electron chi connectivity index (χ1n) is 16.2. The molecule has 0 radical (unpaired) electrons. The van der Waals surface area contributed by atoms with Crippen molar-refractivity contribution in [1.29, 1.82) is 0 Å². The number of rotatable bonds is 10. The van der Waals surface area contributed by atoms with Crippen molar-refractivity contribution >= 4 is 72.4 Å². The number of halogens is 2. The predicted molar refractivity (Wildman–Crippen MR) is 183 cm³/mol. The molecule has 0 spiro atoms. The molecular formula is C39H30F2N2O7. The zero-order valence-electron chi connectivity index (χ0n) is 27.3. The van der Waals surface area contributed by atoms with Gasteiger partial charge < -0.3 is 14.2 Å². The van der Waals surface area contributed by atoms with Gasteiger partial charge in [0.1, 0.15) is 11.6 Å². The molecule has 9 nitrogen and oxygen atoms in total. The van der Waals surface area contributed by atoms with Crippen LogP contribution >= 0.6 is 0 Å². The van der Waals surface area contributed by atoms with Gasteiger partial charge in [-0.2, -0.15) is 0 Å². The Morgan fingerprint density at radius 1 is 0.620 bits per heavy atom. The molecule has 8 rings (SSSR count). The fourth-order valence-electron chi connectivity index (χ4n) is 7.39. The number of hydrogen-bond acceptors (Lipinski definition) is 7. The minimum absolute atomic E-state index is 0.129. The maximum atomic E-state index is 14.8. The van der Waals surface area contributed by atoms with Crippen molar-refractivity contribution in [2.75, 3.05) is 38.4 Å². The summed E-state index contributed by atoms with van der Waals surface area (Å²) in [5.74, 6) is -4.16. The molecule has 0 bridgehead atoms. The number of methoxy groups -OCH3 is 1. The summed E-state index contributed by atoms with van der Waals surface area (Å²) in [6, 6.07) is 16.0. The van der Waals surface area contributed by atoms with E-state index in [0.717, 1.165) is 44.0 Å². The fourth-order valence-corrected chi connectivity index (χ4v) is 7.39. The number of carbonyl (C=O) groups excluding carboxylic acids is 4. The third-order valence-corrected chi connectivity index (χ3v) is 9.66. The number of hydrogen-bond donors (Lipinski definition) is 0. The summed E-state index contributed by atoms with van der Waals surface area (Å²) >= 11 is 0. The molecule has 2 aliphatic heterocycles. The summed E-state index contributed by atoms with van der Waals surface area (Å²) in [5.41, 5.74) is 0.839. The normalized spacial score (nSPS) is 15.8. The quantitative estimate of drug-likeness (QED) is 0.0676. The van der Waals surface area contributed by atoms with Crippen molar-refractivity contribution in [2.24, 2.45) is 0 Å². The predicted octanol–water partition coefficient (Wildman–Crippen LogP) is 6.87. The van der Waals surface area contributed by atoms with Crippen LogP contribution in [0.25, 0.3) is 43.1 Å². The lowest BCUT2D eigenvalue weighted by molar-refractivity contribution is -0.0312. The number of benzene rings is 6. The van der Waals surface area contributed by atoms with Gasteiger partial charge in [-0.1, -0.05) is 24.3 Å². The molecule has 0 aliphatic carbocycles. The van der Waals surface area contributed by atoms with Crippen LogP contribution < -0.4 is 4.90 Å². The van der Waals surface area contributed by atoms with E-state index in [1.165, 1.54) is 4.90 Å². The highest BCUT2D eigenvalue weighted by atomic mass is 19.1. The zero-order valence-corrected chi connectivity index (χ0v) is 27.3. The summed E-state index contributed by atoms with van der Waals surface area (Å²) in [6.45, 7) is 5.00. The summed E-state index contributed by atoms with van der Waals surface area (Å²) in [6.07, 6.45) is -0.259. The number of amides is 4. The van der Waals surface area contributed by atoms with E-state index < -0.39 is 41.3 Å². The number of imide groups is 2. The van der Waals surface area contributed by atoms with Crippen molar-refractivity contribution in [3.63, 3.8) is 0 Å². The molecule has 0 saturated heterocycles. The molecule has 2 atom stereocenters. The Labute approximate surface area is 284 Å². The van der Waals surface area contributed by atoms with Crippen molar-refractivity contribution < 1.29 is 42.2 Å². The van der Waals surface area contributed by atoms with E-state index in [4.69, 9.17) is 14.2 Å². The monoisotopic (exact) mass is 676 g/mol. The van der Waals surface area contributed by atoms with Crippen molar-refractivity contribution in [3.8, 4) is 0 Å². The molecule has 4 amide bonds. The van der Waals surface area contributed by atoms with Crippen LogP contribution in [-0.2, 0) is 14.2 Å². The molecule has 0 N–H and O–H groups in total. The smallest absolute Gasteiger partial charge is 0.266 e. The van der Waals surface area contributed by atoms with Gasteiger partial charge >= 0.3 is 0 Å². The Morgan fingerprint density at radius 2 is 1.12 bits per heavy atom. The average Bonchev–Trinajstić information content (AvgIpc) is 3.10. The summed E-state index contributed by atoms with van der Waals surface area (Å²) < 4.78 is 45.0. The number of anilines is 1. The molecule has 2 heterocycles. The first-order valence-corrected chi connectivity index (χ1v) is 16.2. The van der Waals surface area contributed by atoms with Crippen LogP contribution in [0.5, 0.6) is 0 Å². The average molecular weight is 677 g/mol. The standard InChI is InChI=1S/C39H30F2N2O7/c1-19(17-50-20(2)18-49-15-14-48-3)42-36(44)26-9-5-22-24-7-11-28-35-29(39(47)43(38(28)46)31-13-4-21(40)16-30(31)41)12-8-25(33(24)35)23-6-10-27(37(42)45)34(26)32(22)23/h4-13,16,19-20H,14-15,17-18H2,1-3H3. The van der Waals surface area contributed by atoms with Crippen LogP contribution in [0, 0.1) is 11.6 Å². The molecule has 0 fully saturated rings. The highest BCUT2D eigenvalue weighted by molar-refractivity contribution is 6.43. The Morgan fingerprint density at radius 3 is 1.60 bits per heavy atom. The van der Waals surface area contributed by atoms with Crippen LogP contribution in [-0.4, -0.2) is 74.2 Å². The van der Waals surface area contributed by atoms with Crippen molar-refractivity contribution in [1.82, 2.24) is 4.90 Å². The van der Waals surface area contributed by atoms with Gasteiger partial charge in [-0.15, -0.1) is 0 Å². The van der Waals surface area contributed by atoms with Crippen molar-refractivity contribution in [3.05, 3.63) is 101 Å². The third-order valence-electron chi connectivity index (χ3n) is 9.66. The van der Waals surface area contributed by atoms with E-state index in [9.17, 15) is 28.0 Å². The number of nitrogens with zero attached hydrogens (tertiary/aromatic N) is 2. The maximum Gasteiger partial charge on any atom is 0.266 e. The summed E-state index contributed by atoms with van der Waals surface area (Å²) in [4.78, 5) is 57.6. The maximum absolute atomic E-state index is 14.8. The van der Waals surface area contributed by atoms with Gasteiger partial charge in [-0.05, 0) is 82.6 Å². The van der Waals surface area contributed by atoms with Crippen LogP contribution in [0.2, 0.25) is 0 Å². The molecule has 50 heavy (non-hydrogen) atoms. The fraction of sp³-hybridized carbons (Fsp3) is 0.231. The molecule has 0 saturated carbocycles. The lowest BCUT2D eigenvalue weighted by atomic mass is 9.82. The zero-order chi connectivity index (χ0) is 35.0. The first-order chi connectivity index (χ1) is 24.1. The largest absolute Gasteiger partial charge is 0.382 e. The topological polar surface area (TPSA) is 102 Å². The molecular weight excluding hydrogens is 646 g/mol. The van der Waals surface area contributed by atoms with Gasteiger partial charge in [0.15, 0.2) is 0 Å². The third kappa shape index (κ3) is 4.61. The molecule has 2 unspecified atom stereocenters. The molecule has 6 aromatic rings. The molecule has 0 aromatic heterocycles. The van der Waals surface area contributed by atoms with Gasteiger partial charge in [-0.25, -0.2) is 13.7 Å². The van der Waals surface area contributed by atoms with E-state index in [2.05, 4.69) is 0 Å². The second-order valence-electron chi connectivity index (χ2n) is 12.7. The first kappa shape index (κ1) is 31.9. The molecule has 6 aromatic carbocycles. The van der Waals surface area contributed by atoms with E-state index in [0.29, 0.717) is 53.2 Å². The van der Waals surface area contributed by atoms with Crippen LogP contribution in [0.1, 0.15) is 55.3 Å². The van der Waals surface area contributed by atoms with Gasteiger partial charge in [-0.3, -0.25) is 24.1 Å². The van der Waals surface area contributed by atoms with E-state index in [-0.39, 0.29) is 29.5 Å². The minimum Gasteiger partial charge on any atom is -0.382 e. The van der Waals surface area contributed by atoms with Gasteiger partial charge in [0.25, 0.3) is 23.6 Å². The highest BCUT2D eigenvalue weighted by Crippen LogP contribution is 2.46. The highest BCUT2D eigenvalue weighted by Gasteiger charge is 2.39. The van der Waals surface area contributed by atoms with E-state index in [1.807, 2.05) is 19.1 Å². The lowest BCUT2D eigenvalue weighted by Gasteiger charge is -2.33. The Kier molecular flexibility index (Phi) is 7.59. The Hall–Kier alpha value is -5.36. The molecule has 252 valence electrons. The Balaban J connectivity index is 1.21. The minimum atomic E-state index is -1.03. The SMILES string of the molecule is COCCOCC(C)OCC(C)N1C(=O)c2ccc3c4ccc5c6c(ccc(c7ccc(c2c37)C1=O)c64)C(=O)N(c1ccc(F)cc1F)C5=O.